The second-order valence-corrected chi connectivity index (χ2v) is 6.06. The summed E-state index contributed by atoms with van der Waals surface area (Å²) in [5, 5.41) is 3.46. The van der Waals surface area contributed by atoms with Crippen LogP contribution in [0, 0.1) is 6.92 Å². The van der Waals surface area contributed by atoms with E-state index in [1.165, 1.54) is 6.26 Å². The van der Waals surface area contributed by atoms with Crippen molar-refractivity contribution >= 4 is 22.8 Å². The number of furan rings is 1. The van der Waals surface area contributed by atoms with Crippen molar-refractivity contribution in [3.8, 4) is 5.75 Å². The molecule has 1 aromatic carbocycles. The SMILES string of the molecule is COc1ccc2nc(C)c(C(=O)OCC(=O)NC(C)c3ccco3)cc2c1. The molecule has 140 valence electrons. The number of carbonyl (C=O) groups is 2. The summed E-state index contributed by atoms with van der Waals surface area (Å²) in [4.78, 5) is 28.8. The molecular formula is C20H20N2O5. The molecule has 1 unspecified atom stereocenters. The number of nitrogens with zero attached hydrogens (tertiary/aromatic N) is 1. The van der Waals surface area contributed by atoms with Crippen LogP contribution in [0.25, 0.3) is 10.9 Å². The number of aryl methyl sites for hydroxylation is 1. The van der Waals surface area contributed by atoms with E-state index in [0.717, 1.165) is 10.9 Å². The molecule has 1 atom stereocenters. The third-order valence-corrected chi connectivity index (χ3v) is 4.11. The van der Waals surface area contributed by atoms with E-state index in [1.54, 1.807) is 51.3 Å². The van der Waals surface area contributed by atoms with Crippen LogP contribution >= 0.6 is 0 Å². The molecule has 0 saturated carbocycles. The van der Waals surface area contributed by atoms with Gasteiger partial charge in [0.1, 0.15) is 11.5 Å². The summed E-state index contributed by atoms with van der Waals surface area (Å²) >= 11 is 0. The summed E-state index contributed by atoms with van der Waals surface area (Å²) < 4.78 is 15.6. The number of amides is 1. The van der Waals surface area contributed by atoms with Crippen molar-refractivity contribution in [3.05, 3.63) is 59.7 Å². The van der Waals surface area contributed by atoms with Gasteiger partial charge >= 0.3 is 5.97 Å². The maximum atomic E-state index is 12.4. The monoisotopic (exact) mass is 368 g/mol. The number of benzene rings is 1. The molecule has 27 heavy (non-hydrogen) atoms. The van der Waals surface area contributed by atoms with Crippen LogP contribution < -0.4 is 10.1 Å². The van der Waals surface area contributed by atoms with E-state index in [2.05, 4.69) is 10.3 Å². The van der Waals surface area contributed by atoms with Crippen LogP contribution in [0.1, 0.15) is 34.8 Å². The van der Waals surface area contributed by atoms with E-state index in [4.69, 9.17) is 13.9 Å². The van der Waals surface area contributed by atoms with Gasteiger partial charge in [0.15, 0.2) is 6.61 Å². The molecule has 2 heterocycles. The molecule has 3 rings (SSSR count). The Morgan fingerprint density at radius 3 is 2.78 bits per heavy atom. The predicted octanol–water partition coefficient (Wildman–Crippen LogP) is 3.18. The second-order valence-electron chi connectivity index (χ2n) is 6.06. The molecule has 3 aromatic rings. The highest BCUT2D eigenvalue weighted by Gasteiger charge is 2.17. The molecule has 1 amide bonds. The molecule has 0 aliphatic carbocycles. The number of rotatable bonds is 6. The van der Waals surface area contributed by atoms with Crippen LogP contribution in [0.15, 0.2) is 47.1 Å². The Kier molecular flexibility index (Phi) is 5.40. The fourth-order valence-electron chi connectivity index (χ4n) is 2.69. The molecule has 0 fully saturated rings. The summed E-state index contributed by atoms with van der Waals surface area (Å²) in [6.45, 7) is 3.11. The Morgan fingerprint density at radius 2 is 2.07 bits per heavy atom. The number of methoxy groups -OCH3 is 1. The van der Waals surface area contributed by atoms with Crippen molar-refractivity contribution in [1.29, 1.82) is 0 Å². The van der Waals surface area contributed by atoms with E-state index < -0.39 is 11.9 Å². The number of hydrogen-bond acceptors (Lipinski definition) is 6. The third kappa shape index (κ3) is 4.25. The van der Waals surface area contributed by atoms with Crippen molar-refractivity contribution in [2.75, 3.05) is 13.7 Å². The molecular weight excluding hydrogens is 348 g/mol. The number of hydrogen-bond donors (Lipinski definition) is 1. The number of carbonyl (C=O) groups excluding carboxylic acids is 2. The van der Waals surface area contributed by atoms with Gasteiger partial charge in [-0.25, -0.2) is 4.79 Å². The first-order chi connectivity index (χ1) is 13.0. The average Bonchev–Trinajstić information content (AvgIpc) is 3.20. The minimum atomic E-state index is -0.606. The summed E-state index contributed by atoms with van der Waals surface area (Å²) in [7, 11) is 1.57. The van der Waals surface area contributed by atoms with Crippen molar-refractivity contribution < 1.29 is 23.5 Å². The third-order valence-electron chi connectivity index (χ3n) is 4.11. The highest BCUT2D eigenvalue weighted by atomic mass is 16.5. The van der Waals surface area contributed by atoms with Gasteiger partial charge in [-0.05, 0) is 50.2 Å². The molecule has 0 radical (unpaired) electrons. The standard InChI is InChI=1S/C20H20N2O5/c1-12-16(10-14-9-15(25-3)6-7-17(14)21-12)20(24)27-11-19(23)22-13(2)18-5-4-8-26-18/h4-10,13H,11H2,1-3H3,(H,22,23). The molecule has 0 saturated heterocycles. The molecule has 0 bridgehead atoms. The Balaban J connectivity index is 1.66. The van der Waals surface area contributed by atoms with E-state index >= 15 is 0 Å². The lowest BCUT2D eigenvalue weighted by molar-refractivity contribution is -0.125. The molecule has 7 nitrogen and oxygen atoms in total. The van der Waals surface area contributed by atoms with Crippen molar-refractivity contribution in [3.63, 3.8) is 0 Å². The maximum absolute atomic E-state index is 12.4. The highest BCUT2D eigenvalue weighted by Crippen LogP contribution is 2.22. The Bertz CT molecular complexity index is 966. The summed E-state index contributed by atoms with van der Waals surface area (Å²) in [6, 6.07) is 10.3. The Labute approximate surface area is 156 Å². The van der Waals surface area contributed by atoms with Crippen LogP contribution in [0.3, 0.4) is 0 Å². The van der Waals surface area contributed by atoms with Crippen molar-refractivity contribution in [2.24, 2.45) is 0 Å². The molecule has 1 N–H and O–H groups in total. The first-order valence-electron chi connectivity index (χ1n) is 8.43. The van der Waals surface area contributed by atoms with Crippen LogP contribution in [0.2, 0.25) is 0 Å². The smallest absolute Gasteiger partial charge is 0.340 e. The number of esters is 1. The molecule has 0 spiro atoms. The zero-order valence-corrected chi connectivity index (χ0v) is 15.3. The topological polar surface area (TPSA) is 90.7 Å². The normalized spacial score (nSPS) is 11.8. The minimum absolute atomic E-state index is 0.308. The van der Waals surface area contributed by atoms with Gasteiger partial charge in [-0.3, -0.25) is 9.78 Å². The van der Waals surface area contributed by atoms with Crippen molar-refractivity contribution in [2.45, 2.75) is 19.9 Å². The minimum Gasteiger partial charge on any atom is -0.497 e. The van der Waals surface area contributed by atoms with Gasteiger partial charge in [-0.15, -0.1) is 0 Å². The maximum Gasteiger partial charge on any atom is 0.340 e. The van der Waals surface area contributed by atoms with Crippen LogP contribution in [-0.4, -0.2) is 30.6 Å². The summed E-state index contributed by atoms with van der Waals surface area (Å²) in [5.74, 6) is 0.266. The fourth-order valence-corrected chi connectivity index (χ4v) is 2.69. The number of aromatic nitrogens is 1. The Hall–Kier alpha value is -3.35. The van der Waals surface area contributed by atoms with E-state index in [1.807, 2.05) is 6.07 Å². The Morgan fingerprint density at radius 1 is 1.26 bits per heavy atom. The lowest BCUT2D eigenvalue weighted by Gasteiger charge is -2.12. The van der Waals surface area contributed by atoms with Gasteiger partial charge in [0.05, 0.1) is 36.2 Å². The first-order valence-corrected chi connectivity index (χ1v) is 8.43. The fraction of sp³-hybridized carbons (Fsp3) is 0.250. The molecule has 7 heteroatoms. The lowest BCUT2D eigenvalue weighted by atomic mass is 10.1. The largest absolute Gasteiger partial charge is 0.497 e. The van der Waals surface area contributed by atoms with Crippen LogP contribution in [-0.2, 0) is 9.53 Å². The number of ether oxygens (including phenoxy) is 2. The summed E-state index contributed by atoms with van der Waals surface area (Å²) in [5.41, 5.74) is 1.58. The number of fused-ring (bicyclic) bond motifs is 1. The van der Waals surface area contributed by atoms with Gasteiger partial charge < -0.3 is 19.2 Å². The molecule has 0 aliphatic rings. The molecule has 0 aliphatic heterocycles. The van der Waals surface area contributed by atoms with Gasteiger partial charge in [-0.2, -0.15) is 0 Å². The predicted molar refractivity (Wildman–Crippen MR) is 98.6 cm³/mol. The van der Waals surface area contributed by atoms with Gasteiger partial charge in [0, 0.05) is 5.39 Å². The highest BCUT2D eigenvalue weighted by molar-refractivity contribution is 5.96. The zero-order valence-electron chi connectivity index (χ0n) is 15.3. The van der Waals surface area contributed by atoms with Crippen molar-refractivity contribution in [1.82, 2.24) is 10.3 Å². The second kappa shape index (κ2) is 7.90. The molecule has 2 aromatic heterocycles. The van der Waals surface area contributed by atoms with E-state index in [9.17, 15) is 9.59 Å². The van der Waals surface area contributed by atoms with Crippen LogP contribution in [0.4, 0.5) is 0 Å². The van der Waals surface area contributed by atoms with E-state index in [-0.39, 0.29) is 12.6 Å². The quantitative estimate of drug-likeness (QED) is 0.672. The van der Waals surface area contributed by atoms with Gasteiger partial charge in [0.25, 0.3) is 5.91 Å². The number of nitrogens with one attached hydrogen (secondary N) is 1. The average molecular weight is 368 g/mol. The van der Waals surface area contributed by atoms with Gasteiger partial charge in [-0.1, -0.05) is 0 Å². The van der Waals surface area contributed by atoms with E-state index in [0.29, 0.717) is 22.8 Å². The first kappa shape index (κ1) is 18.4. The van der Waals surface area contributed by atoms with Gasteiger partial charge in [0.2, 0.25) is 0 Å². The summed E-state index contributed by atoms with van der Waals surface area (Å²) in [6.07, 6.45) is 1.53. The zero-order chi connectivity index (χ0) is 19.4. The number of pyridine rings is 1. The lowest BCUT2D eigenvalue weighted by Crippen LogP contribution is -2.31. The van der Waals surface area contributed by atoms with Crippen LogP contribution in [0.5, 0.6) is 5.75 Å².